The van der Waals surface area contributed by atoms with Crippen LogP contribution in [0.4, 0.5) is 11.5 Å². The van der Waals surface area contributed by atoms with Crippen LogP contribution in [0.15, 0.2) is 24.9 Å². The van der Waals surface area contributed by atoms with Crippen LogP contribution in [0.1, 0.15) is 23.2 Å². The van der Waals surface area contributed by atoms with E-state index in [9.17, 15) is 14.9 Å². The van der Waals surface area contributed by atoms with Gasteiger partial charge in [0.1, 0.15) is 0 Å². The minimum Gasteiger partial charge on any atom is -0.465 e. The van der Waals surface area contributed by atoms with Gasteiger partial charge in [-0.3, -0.25) is 15.0 Å². The van der Waals surface area contributed by atoms with Crippen molar-refractivity contribution in [1.29, 1.82) is 0 Å². The number of rotatable bonds is 6. The van der Waals surface area contributed by atoms with Crippen LogP contribution in [0.5, 0.6) is 0 Å². The molecule has 0 radical (unpaired) electrons. The van der Waals surface area contributed by atoms with Gasteiger partial charge in [0.2, 0.25) is 5.82 Å². The Kier molecular flexibility index (Phi) is 5.64. The number of pyridine rings is 1. The van der Waals surface area contributed by atoms with Crippen molar-refractivity contribution >= 4 is 17.5 Å². The summed E-state index contributed by atoms with van der Waals surface area (Å²) in [6, 6.07) is 1.31. The Bertz CT molecular complexity index is 597. The molecule has 0 aliphatic carbocycles. The van der Waals surface area contributed by atoms with Gasteiger partial charge in [0, 0.05) is 37.9 Å². The molecule has 1 saturated heterocycles. The molecule has 2 rings (SSSR count). The van der Waals surface area contributed by atoms with Crippen LogP contribution in [0.3, 0.4) is 0 Å². The summed E-state index contributed by atoms with van der Waals surface area (Å²) in [5, 5.41) is 14.3. The van der Waals surface area contributed by atoms with E-state index in [4.69, 9.17) is 0 Å². The third-order valence-corrected chi connectivity index (χ3v) is 3.80. The van der Waals surface area contributed by atoms with Gasteiger partial charge in [0.25, 0.3) is 0 Å². The predicted octanol–water partition coefficient (Wildman–Crippen LogP) is 1.84. The number of nitro groups is 1. The van der Waals surface area contributed by atoms with Crippen molar-refractivity contribution in [2.75, 3.05) is 32.1 Å². The summed E-state index contributed by atoms with van der Waals surface area (Å²) < 4.78 is 4.56. The molecular formula is C15H20N4O4. The van der Waals surface area contributed by atoms with Crippen LogP contribution >= 0.6 is 0 Å². The van der Waals surface area contributed by atoms with E-state index in [1.807, 2.05) is 6.08 Å². The number of carbonyl (C=O) groups is 1. The number of ether oxygens (including phenoxy) is 1. The summed E-state index contributed by atoms with van der Waals surface area (Å²) in [4.78, 5) is 28.4. The zero-order valence-corrected chi connectivity index (χ0v) is 13.0. The largest absolute Gasteiger partial charge is 0.465 e. The van der Waals surface area contributed by atoms with Crippen LogP contribution in [-0.2, 0) is 4.74 Å². The van der Waals surface area contributed by atoms with Crippen molar-refractivity contribution < 1.29 is 14.5 Å². The van der Waals surface area contributed by atoms with E-state index in [-0.39, 0.29) is 23.1 Å². The zero-order valence-electron chi connectivity index (χ0n) is 13.0. The summed E-state index contributed by atoms with van der Waals surface area (Å²) in [6.07, 6.45) is 4.89. The highest BCUT2D eigenvalue weighted by atomic mass is 16.6. The molecule has 1 fully saturated rings. The first-order chi connectivity index (χ1) is 11.0. The van der Waals surface area contributed by atoms with Gasteiger partial charge in [0.05, 0.1) is 17.6 Å². The van der Waals surface area contributed by atoms with Gasteiger partial charge in [0.15, 0.2) is 0 Å². The third-order valence-electron chi connectivity index (χ3n) is 3.80. The van der Waals surface area contributed by atoms with Crippen molar-refractivity contribution in [2.24, 2.45) is 0 Å². The number of nitrogens with one attached hydrogen (secondary N) is 1. The molecule has 1 aliphatic rings. The monoisotopic (exact) mass is 320 g/mol. The normalized spacial score (nSPS) is 15.9. The molecule has 1 aromatic heterocycles. The fourth-order valence-electron chi connectivity index (χ4n) is 2.57. The Hall–Kier alpha value is -2.48. The molecule has 1 N–H and O–H groups in total. The number of aromatic nitrogens is 1. The first-order valence-electron chi connectivity index (χ1n) is 7.37. The number of hydrogen-bond donors (Lipinski definition) is 1. The number of esters is 1. The van der Waals surface area contributed by atoms with E-state index >= 15 is 0 Å². The van der Waals surface area contributed by atoms with Crippen LogP contribution in [0.2, 0.25) is 0 Å². The highest BCUT2D eigenvalue weighted by Gasteiger charge is 2.24. The van der Waals surface area contributed by atoms with Gasteiger partial charge in [-0.05, 0) is 12.8 Å². The second-order valence-corrected chi connectivity index (χ2v) is 5.35. The molecule has 8 heteroatoms. The number of likely N-dealkylation sites (tertiary alicyclic amines) is 1. The van der Waals surface area contributed by atoms with Crippen molar-refractivity contribution in [1.82, 2.24) is 9.88 Å². The second kappa shape index (κ2) is 7.68. The van der Waals surface area contributed by atoms with Crippen molar-refractivity contribution in [3.8, 4) is 0 Å². The molecule has 0 amide bonds. The van der Waals surface area contributed by atoms with E-state index in [1.165, 1.54) is 19.4 Å². The minimum atomic E-state index is -0.648. The van der Waals surface area contributed by atoms with Gasteiger partial charge >= 0.3 is 11.7 Å². The molecule has 0 aromatic carbocycles. The van der Waals surface area contributed by atoms with E-state index in [2.05, 4.69) is 26.5 Å². The molecule has 2 heterocycles. The molecule has 0 unspecified atom stereocenters. The molecule has 8 nitrogen and oxygen atoms in total. The number of hydrogen-bond acceptors (Lipinski definition) is 7. The molecule has 0 atom stereocenters. The number of nitrogens with zero attached hydrogens (tertiary/aromatic N) is 3. The van der Waals surface area contributed by atoms with Gasteiger partial charge in [-0.25, -0.2) is 9.78 Å². The molecule has 0 spiro atoms. The Morgan fingerprint density at radius 2 is 2.30 bits per heavy atom. The maximum Gasteiger partial charge on any atom is 0.339 e. The summed E-state index contributed by atoms with van der Waals surface area (Å²) in [5.74, 6) is -0.463. The zero-order chi connectivity index (χ0) is 16.8. The first kappa shape index (κ1) is 16.9. The SMILES string of the molecule is C=CCN1CCC(Nc2ncc(C(=O)OC)cc2[N+](=O)[O-])CC1. The van der Waals surface area contributed by atoms with Crippen molar-refractivity contribution in [2.45, 2.75) is 18.9 Å². The summed E-state index contributed by atoms with van der Waals surface area (Å²) >= 11 is 0. The lowest BCUT2D eigenvalue weighted by Gasteiger charge is -2.31. The Balaban J connectivity index is 2.09. The summed E-state index contributed by atoms with van der Waals surface area (Å²) in [7, 11) is 1.22. The van der Waals surface area contributed by atoms with E-state index < -0.39 is 10.9 Å². The number of carbonyl (C=O) groups excluding carboxylic acids is 1. The smallest absolute Gasteiger partial charge is 0.339 e. The maximum atomic E-state index is 11.5. The Labute approximate surface area is 134 Å². The standard InChI is InChI=1S/C15H20N4O4/c1-3-6-18-7-4-12(5-8-18)17-14-13(19(21)22)9-11(10-16-14)15(20)23-2/h3,9-10,12H,1,4-8H2,2H3,(H,16,17). The van der Waals surface area contributed by atoms with Gasteiger partial charge < -0.3 is 10.1 Å². The minimum absolute atomic E-state index is 0.0607. The number of anilines is 1. The van der Waals surface area contributed by atoms with Gasteiger partial charge in [-0.2, -0.15) is 0 Å². The predicted molar refractivity (Wildman–Crippen MR) is 85.5 cm³/mol. The third kappa shape index (κ3) is 4.26. The van der Waals surface area contributed by atoms with Crippen molar-refractivity contribution in [3.05, 3.63) is 40.6 Å². The molecule has 0 bridgehead atoms. The van der Waals surface area contributed by atoms with Crippen LogP contribution in [-0.4, -0.2) is 53.6 Å². The average Bonchev–Trinajstić information content (AvgIpc) is 2.56. The molecule has 0 saturated carbocycles. The van der Waals surface area contributed by atoms with Gasteiger partial charge in [-0.1, -0.05) is 6.08 Å². The maximum absolute atomic E-state index is 11.5. The number of methoxy groups -OCH3 is 1. The molecular weight excluding hydrogens is 300 g/mol. The quantitative estimate of drug-likeness (QED) is 0.369. The molecule has 1 aliphatic heterocycles. The van der Waals surface area contributed by atoms with Crippen LogP contribution < -0.4 is 5.32 Å². The Morgan fingerprint density at radius 3 is 2.87 bits per heavy atom. The number of piperidine rings is 1. The molecule has 1 aromatic rings. The lowest BCUT2D eigenvalue weighted by atomic mass is 10.0. The highest BCUT2D eigenvalue weighted by molar-refractivity contribution is 5.90. The Morgan fingerprint density at radius 1 is 1.61 bits per heavy atom. The lowest BCUT2D eigenvalue weighted by Crippen LogP contribution is -2.39. The van der Waals surface area contributed by atoms with Gasteiger partial charge in [-0.15, -0.1) is 6.58 Å². The lowest BCUT2D eigenvalue weighted by molar-refractivity contribution is -0.384. The molecule has 124 valence electrons. The van der Waals surface area contributed by atoms with E-state index in [1.54, 1.807) is 0 Å². The van der Waals surface area contributed by atoms with E-state index in [0.717, 1.165) is 32.5 Å². The van der Waals surface area contributed by atoms with E-state index in [0.29, 0.717) is 0 Å². The molecule has 23 heavy (non-hydrogen) atoms. The first-order valence-corrected chi connectivity index (χ1v) is 7.37. The second-order valence-electron chi connectivity index (χ2n) is 5.35. The fraction of sp³-hybridized carbons (Fsp3) is 0.467. The van der Waals surface area contributed by atoms with Crippen molar-refractivity contribution in [3.63, 3.8) is 0 Å². The topological polar surface area (TPSA) is 97.6 Å². The average molecular weight is 320 g/mol. The fourth-order valence-corrected chi connectivity index (χ4v) is 2.57. The van der Waals surface area contributed by atoms with Crippen LogP contribution in [0.25, 0.3) is 0 Å². The summed E-state index contributed by atoms with van der Waals surface area (Å²) in [5.41, 5.74) is -0.160. The van der Waals surface area contributed by atoms with Crippen LogP contribution in [0, 0.1) is 10.1 Å². The summed E-state index contributed by atoms with van der Waals surface area (Å²) in [6.45, 7) is 6.37. The highest BCUT2D eigenvalue weighted by Crippen LogP contribution is 2.25.